The van der Waals surface area contributed by atoms with Gasteiger partial charge in [0, 0.05) is 31.2 Å². The second-order valence-corrected chi connectivity index (χ2v) is 5.91. The van der Waals surface area contributed by atoms with Gasteiger partial charge >= 0.3 is 0 Å². The normalized spacial score (nSPS) is 26.9. The lowest BCUT2D eigenvalue weighted by Gasteiger charge is -2.26. The van der Waals surface area contributed by atoms with Crippen LogP contribution in [0.3, 0.4) is 0 Å². The van der Waals surface area contributed by atoms with E-state index in [9.17, 15) is 9.59 Å². The molecule has 0 spiro atoms. The van der Waals surface area contributed by atoms with Crippen molar-refractivity contribution in [1.82, 2.24) is 4.90 Å². The van der Waals surface area contributed by atoms with E-state index in [1.54, 1.807) is 0 Å². The molecule has 3 unspecified atom stereocenters. The van der Waals surface area contributed by atoms with Gasteiger partial charge < -0.3 is 10.5 Å². The maximum absolute atomic E-state index is 12.2. The van der Waals surface area contributed by atoms with Crippen LogP contribution in [0.1, 0.15) is 40.9 Å². The van der Waals surface area contributed by atoms with E-state index >= 15 is 0 Å². The van der Waals surface area contributed by atoms with Crippen LogP contribution in [0.2, 0.25) is 0 Å². The monoisotopic (exact) mass is 288 g/mol. The SMILES string of the molecule is CC1OCCC1C(N)c1ccc2c(c1)C(=O)N(C)C(=O)C2. The molecule has 21 heavy (non-hydrogen) atoms. The molecular formula is C16H20N2O3. The highest BCUT2D eigenvalue weighted by atomic mass is 16.5. The van der Waals surface area contributed by atoms with E-state index in [1.165, 1.54) is 11.9 Å². The number of hydrogen-bond donors (Lipinski definition) is 1. The molecule has 3 rings (SSSR count). The first-order valence-electron chi connectivity index (χ1n) is 7.30. The molecule has 1 saturated heterocycles. The Morgan fingerprint density at radius 2 is 2.14 bits per heavy atom. The number of imide groups is 1. The third-order valence-electron chi connectivity index (χ3n) is 4.67. The summed E-state index contributed by atoms with van der Waals surface area (Å²) in [6.45, 7) is 2.77. The fourth-order valence-electron chi connectivity index (χ4n) is 3.20. The van der Waals surface area contributed by atoms with Crippen molar-refractivity contribution in [2.45, 2.75) is 31.9 Å². The molecule has 112 valence electrons. The molecule has 5 nitrogen and oxygen atoms in total. The van der Waals surface area contributed by atoms with Crippen LogP contribution in [-0.2, 0) is 16.0 Å². The zero-order valence-corrected chi connectivity index (χ0v) is 12.3. The number of rotatable bonds is 2. The summed E-state index contributed by atoms with van der Waals surface area (Å²) in [6.07, 6.45) is 1.35. The van der Waals surface area contributed by atoms with Gasteiger partial charge in [-0.25, -0.2) is 0 Å². The number of carbonyl (C=O) groups excluding carboxylic acids is 2. The first-order chi connectivity index (χ1) is 9.99. The third kappa shape index (κ3) is 2.36. The summed E-state index contributed by atoms with van der Waals surface area (Å²) in [5.74, 6) is -0.144. The second kappa shape index (κ2) is 5.24. The van der Waals surface area contributed by atoms with Gasteiger partial charge in [-0.1, -0.05) is 12.1 Å². The van der Waals surface area contributed by atoms with Gasteiger partial charge in [0.05, 0.1) is 12.5 Å². The number of nitrogens with two attached hydrogens (primary N) is 1. The average Bonchev–Trinajstić information content (AvgIpc) is 2.90. The first kappa shape index (κ1) is 14.2. The Labute approximate surface area is 124 Å². The van der Waals surface area contributed by atoms with Crippen molar-refractivity contribution in [3.63, 3.8) is 0 Å². The van der Waals surface area contributed by atoms with E-state index in [0.29, 0.717) is 5.56 Å². The number of likely N-dealkylation sites (N-methyl/N-ethyl adjacent to an activating group) is 1. The van der Waals surface area contributed by atoms with E-state index in [4.69, 9.17) is 10.5 Å². The van der Waals surface area contributed by atoms with Gasteiger partial charge in [-0.2, -0.15) is 0 Å². The van der Waals surface area contributed by atoms with Crippen molar-refractivity contribution in [3.8, 4) is 0 Å². The van der Waals surface area contributed by atoms with E-state index in [1.807, 2.05) is 25.1 Å². The molecule has 1 fully saturated rings. The highest BCUT2D eigenvalue weighted by Gasteiger charge is 2.33. The molecule has 3 atom stereocenters. The summed E-state index contributed by atoms with van der Waals surface area (Å²) in [5, 5.41) is 0. The number of benzene rings is 1. The number of ether oxygens (including phenoxy) is 1. The van der Waals surface area contributed by atoms with Gasteiger partial charge in [-0.15, -0.1) is 0 Å². The second-order valence-electron chi connectivity index (χ2n) is 5.91. The van der Waals surface area contributed by atoms with Crippen molar-refractivity contribution in [2.75, 3.05) is 13.7 Å². The summed E-state index contributed by atoms with van der Waals surface area (Å²) in [7, 11) is 1.52. The van der Waals surface area contributed by atoms with Crippen molar-refractivity contribution in [2.24, 2.45) is 11.7 Å². The van der Waals surface area contributed by atoms with Crippen molar-refractivity contribution < 1.29 is 14.3 Å². The maximum atomic E-state index is 12.2. The van der Waals surface area contributed by atoms with Gasteiger partial charge in [0.2, 0.25) is 5.91 Å². The van der Waals surface area contributed by atoms with Crippen LogP contribution in [0.15, 0.2) is 18.2 Å². The molecule has 0 bridgehead atoms. The highest BCUT2D eigenvalue weighted by molar-refractivity contribution is 6.09. The Morgan fingerprint density at radius 3 is 2.81 bits per heavy atom. The largest absolute Gasteiger partial charge is 0.378 e. The molecule has 2 heterocycles. The lowest BCUT2D eigenvalue weighted by atomic mass is 9.86. The number of fused-ring (bicyclic) bond motifs is 1. The standard InChI is InChI=1S/C16H20N2O3/c1-9-12(5-6-21-9)15(17)11-4-3-10-8-14(19)18(2)16(20)13(10)7-11/h3-4,7,9,12,15H,5-6,8,17H2,1-2H3. The maximum Gasteiger partial charge on any atom is 0.260 e. The van der Waals surface area contributed by atoms with E-state index < -0.39 is 0 Å². The summed E-state index contributed by atoms with van der Waals surface area (Å²) >= 11 is 0. The quantitative estimate of drug-likeness (QED) is 0.832. The molecule has 0 aliphatic carbocycles. The predicted octanol–water partition coefficient (Wildman–Crippen LogP) is 1.27. The van der Waals surface area contributed by atoms with E-state index in [2.05, 4.69) is 0 Å². The van der Waals surface area contributed by atoms with Gasteiger partial charge in [-0.05, 0) is 30.5 Å². The zero-order chi connectivity index (χ0) is 15.1. The van der Waals surface area contributed by atoms with Gasteiger partial charge in [0.15, 0.2) is 0 Å². The van der Waals surface area contributed by atoms with Gasteiger partial charge in [0.25, 0.3) is 5.91 Å². The van der Waals surface area contributed by atoms with Crippen LogP contribution in [0, 0.1) is 5.92 Å². The molecule has 0 radical (unpaired) electrons. The smallest absolute Gasteiger partial charge is 0.260 e. The number of amides is 2. The number of nitrogens with zero attached hydrogens (tertiary/aromatic N) is 1. The summed E-state index contributed by atoms with van der Waals surface area (Å²) in [5.41, 5.74) is 8.68. The minimum Gasteiger partial charge on any atom is -0.378 e. The summed E-state index contributed by atoms with van der Waals surface area (Å²) < 4.78 is 5.57. The number of hydrogen-bond acceptors (Lipinski definition) is 4. The fourth-order valence-corrected chi connectivity index (χ4v) is 3.20. The van der Waals surface area contributed by atoms with Crippen LogP contribution in [0.25, 0.3) is 0 Å². The van der Waals surface area contributed by atoms with Gasteiger partial charge in [0.1, 0.15) is 0 Å². The Morgan fingerprint density at radius 1 is 1.38 bits per heavy atom. The minimum absolute atomic E-state index is 0.135. The van der Waals surface area contributed by atoms with Crippen molar-refractivity contribution in [3.05, 3.63) is 34.9 Å². The Bertz CT molecular complexity index is 599. The van der Waals surface area contributed by atoms with Gasteiger partial charge in [-0.3, -0.25) is 14.5 Å². The lowest BCUT2D eigenvalue weighted by molar-refractivity contribution is -0.127. The highest BCUT2D eigenvalue weighted by Crippen LogP contribution is 2.33. The molecule has 2 aliphatic heterocycles. The van der Waals surface area contributed by atoms with Crippen LogP contribution in [0.5, 0.6) is 0 Å². The summed E-state index contributed by atoms with van der Waals surface area (Å²) in [4.78, 5) is 25.1. The average molecular weight is 288 g/mol. The first-order valence-corrected chi connectivity index (χ1v) is 7.30. The molecule has 2 aliphatic rings. The fraction of sp³-hybridized carbons (Fsp3) is 0.500. The Balaban J connectivity index is 1.92. The van der Waals surface area contributed by atoms with Crippen LogP contribution >= 0.6 is 0 Å². The number of carbonyl (C=O) groups is 2. The summed E-state index contributed by atoms with van der Waals surface area (Å²) in [6, 6.07) is 5.48. The van der Waals surface area contributed by atoms with Crippen molar-refractivity contribution in [1.29, 1.82) is 0 Å². The molecule has 1 aromatic rings. The zero-order valence-electron chi connectivity index (χ0n) is 12.3. The van der Waals surface area contributed by atoms with Crippen LogP contribution in [-0.4, -0.2) is 36.5 Å². The van der Waals surface area contributed by atoms with E-state index in [0.717, 1.165) is 24.2 Å². The topological polar surface area (TPSA) is 72.6 Å². The molecule has 5 heteroatoms. The molecule has 0 aromatic heterocycles. The molecule has 1 aromatic carbocycles. The molecule has 2 N–H and O–H groups in total. The minimum atomic E-state index is -0.244. The predicted molar refractivity (Wildman–Crippen MR) is 77.7 cm³/mol. The van der Waals surface area contributed by atoms with Crippen LogP contribution in [0.4, 0.5) is 0 Å². The van der Waals surface area contributed by atoms with E-state index in [-0.39, 0.29) is 36.3 Å². The third-order valence-corrected chi connectivity index (χ3v) is 4.67. The molecule has 0 saturated carbocycles. The lowest BCUT2D eigenvalue weighted by Crippen LogP contribution is -2.39. The molecule has 2 amide bonds. The Kier molecular flexibility index (Phi) is 3.55. The van der Waals surface area contributed by atoms with Crippen molar-refractivity contribution >= 4 is 11.8 Å². The molecular weight excluding hydrogens is 268 g/mol. The Hall–Kier alpha value is -1.72. The van der Waals surface area contributed by atoms with Crippen LogP contribution < -0.4 is 5.73 Å².